The average Bonchev–Trinajstić information content (AvgIpc) is 2.79. The highest BCUT2D eigenvalue weighted by molar-refractivity contribution is 7.82. The normalized spacial score (nSPS) is 10.2. The standard InChI is InChI=1S/C21H17ClN4O5S/c1-31-19-10-7-13(20(27)23-14-5-3-2-4-6-14)11-18(19)25(32)21(28)24-15-8-9-16(22)17(12-15)26(29)30/h2-12,32H,1H3,(H,23,27)(H,24,28). The molecule has 11 heteroatoms. The van der Waals surface area contributed by atoms with Gasteiger partial charge in [0.25, 0.3) is 11.6 Å². The maximum Gasteiger partial charge on any atom is 0.336 e. The number of halogens is 1. The molecule has 3 aromatic carbocycles. The fourth-order valence-electron chi connectivity index (χ4n) is 2.74. The van der Waals surface area contributed by atoms with Crippen molar-refractivity contribution >= 4 is 59.1 Å². The molecule has 3 rings (SSSR count). The van der Waals surface area contributed by atoms with E-state index in [4.69, 9.17) is 16.3 Å². The van der Waals surface area contributed by atoms with Crippen LogP contribution in [0, 0.1) is 10.1 Å². The molecule has 164 valence electrons. The van der Waals surface area contributed by atoms with E-state index in [2.05, 4.69) is 23.4 Å². The summed E-state index contributed by atoms with van der Waals surface area (Å²) in [6.07, 6.45) is 0. The lowest BCUT2D eigenvalue weighted by Gasteiger charge is -2.20. The van der Waals surface area contributed by atoms with Crippen molar-refractivity contribution in [2.24, 2.45) is 0 Å². The molecule has 0 heterocycles. The third kappa shape index (κ3) is 5.29. The zero-order valence-electron chi connectivity index (χ0n) is 16.6. The molecule has 0 aromatic heterocycles. The topological polar surface area (TPSA) is 114 Å². The highest BCUT2D eigenvalue weighted by Gasteiger charge is 2.21. The molecule has 0 spiro atoms. The van der Waals surface area contributed by atoms with Crippen LogP contribution in [-0.4, -0.2) is 24.0 Å². The number of benzene rings is 3. The molecule has 3 aromatic rings. The maximum absolute atomic E-state index is 12.7. The summed E-state index contributed by atoms with van der Waals surface area (Å²) in [6.45, 7) is 0. The van der Waals surface area contributed by atoms with Crippen LogP contribution in [0.1, 0.15) is 10.4 Å². The van der Waals surface area contributed by atoms with Crippen LogP contribution in [-0.2, 0) is 0 Å². The van der Waals surface area contributed by atoms with Crippen LogP contribution < -0.4 is 19.7 Å². The Labute approximate surface area is 193 Å². The zero-order chi connectivity index (χ0) is 23.3. The van der Waals surface area contributed by atoms with Crippen LogP contribution in [0.5, 0.6) is 5.75 Å². The molecular weight excluding hydrogens is 456 g/mol. The number of anilines is 3. The predicted molar refractivity (Wildman–Crippen MR) is 126 cm³/mol. The summed E-state index contributed by atoms with van der Waals surface area (Å²) in [6, 6.07) is 16.5. The smallest absolute Gasteiger partial charge is 0.336 e. The Kier molecular flexibility index (Phi) is 7.18. The van der Waals surface area contributed by atoms with Crippen molar-refractivity contribution in [3.05, 3.63) is 87.4 Å². The second kappa shape index (κ2) is 10.0. The average molecular weight is 473 g/mol. The van der Waals surface area contributed by atoms with Crippen molar-refractivity contribution in [1.82, 2.24) is 0 Å². The van der Waals surface area contributed by atoms with Crippen molar-refractivity contribution in [2.45, 2.75) is 0 Å². The summed E-state index contributed by atoms with van der Waals surface area (Å²) in [5.74, 6) is -0.107. The second-order valence-electron chi connectivity index (χ2n) is 6.37. The van der Waals surface area contributed by atoms with Crippen LogP contribution in [0.4, 0.5) is 27.5 Å². The lowest BCUT2D eigenvalue weighted by Crippen LogP contribution is -2.27. The van der Waals surface area contributed by atoms with E-state index in [1.807, 2.05) is 6.07 Å². The molecule has 0 aliphatic heterocycles. The van der Waals surface area contributed by atoms with E-state index < -0.39 is 16.9 Å². The second-order valence-corrected chi connectivity index (χ2v) is 7.18. The van der Waals surface area contributed by atoms with Gasteiger partial charge < -0.3 is 15.4 Å². The van der Waals surface area contributed by atoms with E-state index in [0.29, 0.717) is 5.69 Å². The summed E-state index contributed by atoms with van der Waals surface area (Å²) in [5.41, 5.74) is 0.852. The van der Waals surface area contributed by atoms with E-state index in [1.165, 1.54) is 31.4 Å². The fraction of sp³-hybridized carbons (Fsp3) is 0.0476. The van der Waals surface area contributed by atoms with Gasteiger partial charge in [-0.15, -0.1) is 0 Å². The first-order valence-electron chi connectivity index (χ1n) is 9.08. The van der Waals surface area contributed by atoms with E-state index in [1.54, 1.807) is 30.3 Å². The number of thiol groups is 1. The molecule has 0 atom stereocenters. The number of nitrogens with zero attached hydrogens (tertiary/aromatic N) is 2. The van der Waals surface area contributed by atoms with Crippen molar-refractivity contribution < 1.29 is 19.2 Å². The van der Waals surface area contributed by atoms with Crippen LogP contribution in [0.25, 0.3) is 0 Å². The molecule has 0 saturated carbocycles. The number of nitrogens with one attached hydrogen (secondary N) is 2. The van der Waals surface area contributed by atoms with Crippen molar-refractivity contribution in [3.8, 4) is 5.75 Å². The Hall–Kier alpha value is -3.76. The summed E-state index contributed by atoms with van der Waals surface area (Å²) in [4.78, 5) is 35.7. The SMILES string of the molecule is COc1ccc(C(=O)Nc2ccccc2)cc1N(S)C(=O)Nc1ccc(Cl)c([N+](=O)[O-])c1. The Bertz CT molecular complexity index is 1180. The van der Waals surface area contributed by atoms with E-state index in [-0.39, 0.29) is 33.4 Å². The van der Waals surface area contributed by atoms with Crippen LogP contribution in [0.15, 0.2) is 66.7 Å². The maximum atomic E-state index is 12.7. The molecule has 9 nitrogen and oxygen atoms in total. The number of hydrogen-bond donors (Lipinski definition) is 3. The zero-order valence-corrected chi connectivity index (χ0v) is 18.3. The van der Waals surface area contributed by atoms with Gasteiger partial charge in [0.1, 0.15) is 10.8 Å². The van der Waals surface area contributed by atoms with Gasteiger partial charge in [-0.25, -0.2) is 9.10 Å². The summed E-state index contributed by atoms with van der Waals surface area (Å²) in [5, 5.41) is 16.2. The van der Waals surface area contributed by atoms with Gasteiger partial charge in [0.2, 0.25) is 0 Å². The molecule has 0 bridgehead atoms. The number of amides is 3. The number of para-hydroxylation sites is 1. The molecular formula is C21H17ClN4O5S. The van der Waals surface area contributed by atoms with Gasteiger partial charge in [0, 0.05) is 23.0 Å². The van der Waals surface area contributed by atoms with Gasteiger partial charge in [-0.05, 0) is 42.5 Å². The lowest BCUT2D eigenvalue weighted by molar-refractivity contribution is -0.384. The van der Waals surface area contributed by atoms with E-state index in [9.17, 15) is 19.7 Å². The summed E-state index contributed by atoms with van der Waals surface area (Å²) < 4.78 is 6.21. The first-order chi connectivity index (χ1) is 15.3. The molecule has 0 aliphatic carbocycles. The fourth-order valence-corrected chi connectivity index (χ4v) is 3.13. The molecule has 0 unspecified atom stereocenters. The number of hydrogen-bond acceptors (Lipinski definition) is 6. The quantitative estimate of drug-likeness (QED) is 0.253. The van der Waals surface area contributed by atoms with Crippen molar-refractivity contribution in [2.75, 3.05) is 22.0 Å². The van der Waals surface area contributed by atoms with E-state index in [0.717, 1.165) is 10.4 Å². The van der Waals surface area contributed by atoms with Crippen LogP contribution >= 0.6 is 24.4 Å². The van der Waals surface area contributed by atoms with Crippen LogP contribution in [0.3, 0.4) is 0 Å². The Balaban J connectivity index is 1.83. The first kappa shape index (κ1) is 22.9. The van der Waals surface area contributed by atoms with Gasteiger partial charge >= 0.3 is 6.03 Å². The van der Waals surface area contributed by atoms with Gasteiger partial charge in [-0.1, -0.05) is 42.6 Å². The minimum atomic E-state index is -0.733. The van der Waals surface area contributed by atoms with Crippen molar-refractivity contribution in [1.29, 1.82) is 0 Å². The number of urea groups is 1. The minimum Gasteiger partial charge on any atom is -0.495 e. The summed E-state index contributed by atoms with van der Waals surface area (Å²) in [7, 11) is 1.41. The largest absolute Gasteiger partial charge is 0.495 e. The van der Waals surface area contributed by atoms with Gasteiger partial charge in [0.15, 0.2) is 0 Å². The molecule has 0 saturated heterocycles. The number of nitro benzene ring substituents is 1. The van der Waals surface area contributed by atoms with Gasteiger partial charge in [-0.2, -0.15) is 0 Å². The lowest BCUT2D eigenvalue weighted by atomic mass is 10.1. The number of nitro groups is 1. The molecule has 0 aliphatic rings. The number of carbonyl (C=O) groups excluding carboxylic acids is 2. The highest BCUT2D eigenvalue weighted by atomic mass is 35.5. The Morgan fingerprint density at radius 2 is 1.75 bits per heavy atom. The van der Waals surface area contributed by atoms with E-state index >= 15 is 0 Å². The predicted octanol–water partition coefficient (Wildman–Crippen LogP) is 5.39. The van der Waals surface area contributed by atoms with Crippen LogP contribution in [0.2, 0.25) is 5.02 Å². The van der Waals surface area contributed by atoms with Crippen molar-refractivity contribution in [3.63, 3.8) is 0 Å². The molecule has 2 N–H and O–H groups in total. The molecule has 32 heavy (non-hydrogen) atoms. The molecule has 0 radical (unpaired) electrons. The Morgan fingerprint density at radius 1 is 1.03 bits per heavy atom. The first-order valence-corrected chi connectivity index (χ1v) is 9.86. The number of methoxy groups -OCH3 is 1. The molecule has 0 fully saturated rings. The summed E-state index contributed by atoms with van der Waals surface area (Å²) >= 11 is 10.0. The number of carbonyl (C=O) groups is 2. The highest BCUT2D eigenvalue weighted by Crippen LogP contribution is 2.32. The third-order valence-electron chi connectivity index (χ3n) is 4.29. The number of ether oxygens (including phenoxy) is 1. The van der Waals surface area contributed by atoms with Gasteiger partial charge in [0.05, 0.1) is 17.7 Å². The van der Waals surface area contributed by atoms with Gasteiger partial charge in [-0.3, -0.25) is 14.9 Å². The number of rotatable bonds is 6. The minimum absolute atomic E-state index is 0.0606. The monoisotopic (exact) mass is 472 g/mol. The Morgan fingerprint density at radius 3 is 2.41 bits per heavy atom. The molecule has 3 amide bonds. The third-order valence-corrected chi connectivity index (χ3v) is 5.00.